The van der Waals surface area contributed by atoms with Gasteiger partial charge in [-0.2, -0.15) is 0 Å². The predicted molar refractivity (Wildman–Crippen MR) is 51.1 cm³/mol. The van der Waals surface area contributed by atoms with E-state index in [4.69, 9.17) is 4.42 Å². The number of rotatable bonds is 2. The molecule has 0 saturated carbocycles. The second kappa shape index (κ2) is 3.92. The molecule has 2 heterocycles. The van der Waals surface area contributed by atoms with E-state index in [1.54, 1.807) is 0 Å². The molecule has 0 amide bonds. The van der Waals surface area contributed by atoms with Crippen molar-refractivity contribution in [1.82, 2.24) is 9.88 Å². The molecule has 1 aliphatic rings. The first kappa shape index (κ1) is 9.40. The Kier molecular flexibility index (Phi) is 2.63. The Hall–Kier alpha value is -1.16. The van der Waals surface area contributed by atoms with E-state index in [9.17, 15) is 4.79 Å². The number of oxazole rings is 1. The fraction of sp³-hybridized carbons (Fsp3) is 0.600. The largest absolute Gasteiger partial charge is 0.436 e. The van der Waals surface area contributed by atoms with E-state index >= 15 is 0 Å². The minimum absolute atomic E-state index is 0.248. The first-order valence-corrected chi connectivity index (χ1v) is 4.92. The highest BCUT2D eigenvalue weighted by molar-refractivity contribution is 5.69. The third kappa shape index (κ3) is 1.70. The van der Waals surface area contributed by atoms with Gasteiger partial charge in [0.25, 0.3) is 0 Å². The highest BCUT2D eigenvalue weighted by atomic mass is 16.4. The number of carbonyl (C=O) groups excluding carboxylic acids is 1. The van der Waals surface area contributed by atoms with Crippen molar-refractivity contribution in [3.8, 4) is 0 Å². The fourth-order valence-electron chi connectivity index (χ4n) is 1.90. The number of carbonyl (C=O) groups is 1. The zero-order valence-corrected chi connectivity index (χ0v) is 8.27. The van der Waals surface area contributed by atoms with Gasteiger partial charge in [-0.05, 0) is 26.4 Å². The first-order chi connectivity index (χ1) is 6.81. The maximum absolute atomic E-state index is 10.4. The molecular weight excluding hydrogens is 180 g/mol. The third-order valence-corrected chi connectivity index (χ3v) is 2.71. The average Bonchev–Trinajstić information content (AvgIpc) is 2.67. The van der Waals surface area contributed by atoms with Crippen molar-refractivity contribution in [3.63, 3.8) is 0 Å². The Bertz CT molecular complexity index is 322. The molecular formula is C10H14N2O2. The van der Waals surface area contributed by atoms with Crippen LogP contribution in [-0.2, 0) is 0 Å². The minimum atomic E-state index is 0.248. The van der Waals surface area contributed by atoms with E-state index in [0.29, 0.717) is 17.9 Å². The van der Waals surface area contributed by atoms with Crippen LogP contribution in [0.3, 0.4) is 0 Å². The van der Waals surface area contributed by atoms with Crippen LogP contribution in [0.5, 0.6) is 0 Å². The number of likely N-dealkylation sites (tertiary alicyclic amines) is 1. The molecule has 1 aromatic rings. The minimum Gasteiger partial charge on any atom is -0.436 e. The maximum Gasteiger partial charge on any atom is 0.212 e. The summed E-state index contributed by atoms with van der Waals surface area (Å²) in [6.45, 7) is 1.07. The molecule has 0 aliphatic carbocycles. The first-order valence-electron chi connectivity index (χ1n) is 4.92. The lowest BCUT2D eigenvalue weighted by Crippen LogP contribution is -2.29. The number of hydrogen-bond donors (Lipinski definition) is 0. The molecule has 1 fully saturated rings. The van der Waals surface area contributed by atoms with Crippen LogP contribution < -0.4 is 0 Å². The summed E-state index contributed by atoms with van der Waals surface area (Å²) in [6, 6.07) is 0.248. The molecule has 14 heavy (non-hydrogen) atoms. The second-order valence-corrected chi connectivity index (χ2v) is 3.71. The predicted octanol–water partition coefficient (Wildman–Crippen LogP) is 1.64. The Morgan fingerprint density at radius 3 is 3.14 bits per heavy atom. The Morgan fingerprint density at radius 1 is 1.64 bits per heavy atom. The summed E-state index contributed by atoms with van der Waals surface area (Å²) >= 11 is 0. The third-order valence-electron chi connectivity index (χ3n) is 2.71. The van der Waals surface area contributed by atoms with Gasteiger partial charge in [0.15, 0.2) is 12.0 Å². The molecule has 0 radical (unpaired) electrons. The van der Waals surface area contributed by atoms with E-state index in [2.05, 4.69) is 16.9 Å². The van der Waals surface area contributed by atoms with Crippen LogP contribution in [0.4, 0.5) is 0 Å². The number of nitrogens with zero attached hydrogens (tertiary/aromatic N) is 2. The molecule has 1 aliphatic heterocycles. The Balaban J connectivity index is 2.16. The average molecular weight is 194 g/mol. The maximum atomic E-state index is 10.4. The second-order valence-electron chi connectivity index (χ2n) is 3.71. The highest BCUT2D eigenvalue weighted by Crippen LogP contribution is 2.28. The van der Waals surface area contributed by atoms with Gasteiger partial charge in [0.1, 0.15) is 0 Å². The molecule has 4 nitrogen and oxygen atoms in total. The van der Waals surface area contributed by atoms with Crippen LogP contribution in [0, 0.1) is 0 Å². The van der Waals surface area contributed by atoms with Gasteiger partial charge in [-0.15, -0.1) is 0 Å². The normalized spacial score (nSPS) is 23.6. The molecule has 0 bridgehead atoms. The standard InChI is InChI=1S/C10H14N2O2/c1-12-5-3-2-4-9(12)10-11-6-8(7-13)14-10/h6-7,9H,2-5H2,1H3. The molecule has 0 spiro atoms. The number of piperidine rings is 1. The van der Waals surface area contributed by atoms with Crippen molar-refractivity contribution in [2.45, 2.75) is 25.3 Å². The monoisotopic (exact) mass is 194 g/mol. The molecule has 1 aromatic heterocycles. The van der Waals surface area contributed by atoms with E-state index in [1.165, 1.54) is 19.0 Å². The van der Waals surface area contributed by atoms with Crippen molar-refractivity contribution in [2.75, 3.05) is 13.6 Å². The van der Waals surface area contributed by atoms with Crippen molar-refractivity contribution in [3.05, 3.63) is 17.8 Å². The summed E-state index contributed by atoms with van der Waals surface area (Å²) in [5.74, 6) is 0.994. The lowest BCUT2D eigenvalue weighted by atomic mass is 10.0. The topological polar surface area (TPSA) is 46.3 Å². The van der Waals surface area contributed by atoms with Gasteiger partial charge in [0, 0.05) is 0 Å². The van der Waals surface area contributed by atoms with Crippen molar-refractivity contribution >= 4 is 6.29 Å². The molecule has 76 valence electrons. The van der Waals surface area contributed by atoms with Gasteiger partial charge >= 0.3 is 0 Å². The summed E-state index contributed by atoms with van der Waals surface area (Å²) in [6.07, 6.45) is 5.68. The zero-order valence-electron chi connectivity index (χ0n) is 8.27. The molecule has 4 heteroatoms. The summed E-state index contributed by atoms with van der Waals surface area (Å²) < 4.78 is 5.32. The number of aromatic nitrogens is 1. The summed E-state index contributed by atoms with van der Waals surface area (Å²) in [5, 5.41) is 0. The van der Waals surface area contributed by atoms with E-state index in [0.717, 1.165) is 13.0 Å². The summed E-state index contributed by atoms with van der Waals surface area (Å²) in [7, 11) is 2.06. The van der Waals surface area contributed by atoms with Crippen LogP contribution in [0.25, 0.3) is 0 Å². The zero-order chi connectivity index (χ0) is 9.97. The van der Waals surface area contributed by atoms with Crippen molar-refractivity contribution < 1.29 is 9.21 Å². The molecule has 1 atom stereocenters. The van der Waals surface area contributed by atoms with Crippen LogP contribution in [0.1, 0.15) is 41.7 Å². The fourth-order valence-corrected chi connectivity index (χ4v) is 1.90. The smallest absolute Gasteiger partial charge is 0.212 e. The molecule has 1 saturated heterocycles. The highest BCUT2D eigenvalue weighted by Gasteiger charge is 2.24. The van der Waals surface area contributed by atoms with Gasteiger partial charge in [-0.25, -0.2) is 4.98 Å². The van der Waals surface area contributed by atoms with Crippen molar-refractivity contribution in [1.29, 1.82) is 0 Å². The van der Waals surface area contributed by atoms with E-state index < -0.39 is 0 Å². The SMILES string of the molecule is CN1CCCCC1c1ncc(C=O)o1. The van der Waals surface area contributed by atoms with Gasteiger partial charge in [-0.3, -0.25) is 9.69 Å². The van der Waals surface area contributed by atoms with Crippen LogP contribution in [-0.4, -0.2) is 29.8 Å². The van der Waals surface area contributed by atoms with Gasteiger partial charge in [0.05, 0.1) is 12.2 Å². The van der Waals surface area contributed by atoms with Gasteiger partial charge < -0.3 is 4.42 Å². The lowest BCUT2D eigenvalue weighted by Gasteiger charge is -2.29. The molecule has 2 rings (SSSR count). The lowest BCUT2D eigenvalue weighted by molar-refractivity contribution is 0.108. The number of aldehydes is 1. The Morgan fingerprint density at radius 2 is 2.50 bits per heavy atom. The van der Waals surface area contributed by atoms with Crippen LogP contribution in [0.2, 0.25) is 0 Å². The van der Waals surface area contributed by atoms with Crippen molar-refractivity contribution in [2.24, 2.45) is 0 Å². The van der Waals surface area contributed by atoms with E-state index in [-0.39, 0.29) is 6.04 Å². The Labute approximate surface area is 82.9 Å². The molecule has 0 aromatic carbocycles. The van der Waals surface area contributed by atoms with Gasteiger partial charge in [0.2, 0.25) is 5.89 Å². The van der Waals surface area contributed by atoms with E-state index in [1.807, 2.05) is 0 Å². The molecule has 1 unspecified atom stereocenters. The summed E-state index contributed by atoms with van der Waals surface area (Å²) in [4.78, 5) is 16.8. The van der Waals surface area contributed by atoms with Crippen LogP contribution in [0.15, 0.2) is 10.6 Å². The summed E-state index contributed by atoms with van der Waals surface area (Å²) in [5.41, 5.74) is 0. The molecule has 0 N–H and O–H groups in total. The van der Waals surface area contributed by atoms with Crippen LogP contribution >= 0.6 is 0 Å². The number of hydrogen-bond acceptors (Lipinski definition) is 4. The van der Waals surface area contributed by atoms with Gasteiger partial charge in [-0.1, -0.05) is 6.42 Å². The quantitative estimate of drug-likeness (QED) is 0.671.